The molecule has 0 unspecified atom stereocenters. The molecular weight excluding hydrogens is 541 g/mol. The second-order valence-electron chi connectivity index (χ2n) is 13.2. The Morgan fingerprint density at radius 3 is 2.39 bits per heavy atom. The normalized spacial score (nSPS) is 44.4. The van der Waals surface area contributed by atoms with Crippen molar-refractivity contribution >= 4 is 17.9 Å². The number of halogens is 3. The first-order chi connectivity index (χ1) is 19.3. The van der Waals surface area contributed by atoms with Gasteiger partial charge in [0.2, 0.25) is 12.5 Å². The molecule has 228 valence electrons. The van der Waals surface area contributed by atoms with Crippen LogP contribution in [0.25, 0.3) is 0 Å². The van der Waals surface area contributed by atoms with Gasteiger partial charge in [0.25, 0.3) is 0 Å². The van der Waals surface area contributed by atoms with E-state index in [0.717, 1.165) is 38.2 Å². The predicted octanol–water partition coefficient (Wildman–Crippen LogP) is 6.03. The summed E-state index contributed by atoms with van der Waals surface area (Å²) in [6.45, 7) is 3.26. The Balaban J connectivity index is 1.52. The summed E-state index contributed by atoms with van der Waals surface area (Å²) < 4.78 is 63.1. The first kappa shape index (κ1) is 30.1. The summed E-state index contributed by atoms with van der Waals surface area (Å²) in [5, 5.41) is 11.6. The van der Waals surface area contributed by atoms with Crippen molar-refractivity contribution in [1.29, 1.82) is 0 Å². The Hall–Kier alpha value is -2.36. The first-order valence-electron chi connectivity index (χ1n) is 14.9. The summed E-state index contributed by atoms with van der Waals surface area (Å²) in [6.07, 6.45) is 4.47. The van der Waals surface area contributed by atoms with Crippen LogP contribution in [0, 0.1) is 28.6 Å². The molecule has 7 nitrogen and oxygen atoms in total. The average Bonchev–Trinajstić information content (AvgIpc) is 3.11. The van der Waals surface area contributed by atoms with Crippen LogP contribution in [0.4, 0.5) is 18.0 Å². The largest absolute Gasteiger partial charge is 0.509 e. The van der Waals surface area contributed by atoms with Crippen molar-refractivity contribution in [3.63, 3.8) is 0 Å². The summed E-state index contributed by atoms with van der Waals surface area (Å²) in [7, 11) is 0. The maximum atomic E-state index is 17.5. The molecule has 0 aromatic rings. The van der Waals surface area contributed by atoms with Gasteiger partial charge in [-0.1, -0.05) is 39.2 Å². The Morgan fingerprint density at radius 1 is 1.07 bits per heavy atom. The lowest BCUT2D eigenvalue weighted by Crippen LogP contribution is -2.71. The number of fused-ring (bicyclic) bond motifs is 5. The summed E-state index contributed by atoms with van der Waals surface area (Å²) >= 11 is 0. The standard InChI is InChI=1S/C31H41F3O7/c1-18-13-21-22-15-24(33)23-14-19(35)11-12-28(23,2)30(22,34)25(36)16-29(21,3)31(18,26(37)39-17-32)41-27(38)40-20-9-7-5-4-6-8-10-20/h11-12,14,18,20-22,24-25,36H,4-10,13,15-17H2,1-3H3/t18-,21+,22+,24+,25+,28+,29+,30+,31+/m1/s1. The molecule has 5 aliphatic carbocycles. The summed E-state index contributed by atoms with van der Waals surface area (Å²) in [4.78, 5) is 39.0. The van der Waals surface area contributed by atoms with E-state index >= 15 is 8.78 Å². The van der Waals surface area contributed by atoms with Gasteiger partial charge in [0.1, 0.15) is 12.3 Å². The molecule has 0 radical (unpaired) electrons. The van der Waals surface area contributed by atoms with Crippen LogP contribution >= 0.6 is 0 Å². The summed E-state index contributed by atoms with van der Waals surface area (Å²) in [5.41, 5.74) is -7.51. The Kier molecular flexibility index (Phi) is 7.88. The lowest BCUT2D eigenvalue weighted by molar-refractivity contribution is -0.235. The molecule has 5 aliphatic rings. The Morgan fingerprint density at radius 2 is 1.73 bits per heavy atom. The molecule has 0 heterocycles. The number of rotatable bonds is 4. The highest BCUT2D eigenvalue weighted by Gasteiger charge is 2.79. The SMILES string of the molecule is C[C@@H]1C[C@H]2[C@@H]3C[C@H](F)C4=CC(=O)C=C[C@]4(C)[C@@]3(F)[C@@H](O)C[C@]2(C)[C@@]1(OC(=O)OC1CCCCCCC1)C(=O)OCF. The molecule has 0 aromatic carbocycles. The van der Waals surface area contributed by atoms with Gasteiger partial charge in [-0.25, -0.2) is 22.8 Å². The highest BCUT2D eigenvalue weighted by atomic mass is 19.1. The fourth-order valence-corrected chi connectivity index (χ4v) is 9.20. The number of aliphatic hydroxyl groups is 1. The van der Waals surface area contributed by atoms with E-state index < -0.39 is 83.0 Å². The van der Waals surface area contributed by atoms with Crippen LogP contribution in [0.3, 0.4) is 0 Å². The third kappa shape index (κ3) is 4.37. The number of carbonyl (C=O) groups excluding carboxylic acids is 3. The minimum absolute atomic E-state index is 0.0143. The predicted molar refractivity (Wildman–Crippen MR) is 142 cm³/mol. The highest BCUT2D eigenvalue weighted by Crippen LogP contribution is 2.71. The fourth-order valence-electron chi connectivity index (χ4n) is 9.20. The second kappa shape index (κ2) is 10.7. The minimum atomic E-state index is -2.37. The van der Waals surface area contributed by atoms with E-state index in [2.05, 4.69) is 0 Å². The van der Waals surface area contributed by atoms with Gasteiger partial charge >= 0.3 is 12.1 Å². The van der Waals surface area contributed by atoms with Crippen LogP contribution in [0.1, 0.15) is 85.0 Å². The molecule has 0 amide bonds. The topological polar surface area (TPSA) is 99.1 Å². The lowest BCUT2D eigenvalue weighted by atomic mass is 9.44. The molecule has 0 aliphatic heterocycles. The zero-order valence-electron chi connectivity index (χ0n) is 24.0. The number of ether oxygens (including phenoxy) is 3. The first-order valence-corrected chi connectivity index (χ1v) is 14.9. The van der Waals surface area contributed by atoms with Crippen LogP contribution < -0.4 is 0 Å². The van der Waals surface area contributed by atoms with Crippen molar-refractivity contribution < 1.29 is 46.9 Å². The van der Waals surface area contributed by atoms with Gasteiger partial charge in [0.15, 0.2) is 11.5 Å². The maximum Gasteiger partial charge on any atom is 0.509 e. The number of esters is 1. The molecule has 0 bridgehead atoms. The number of ketones is 1. The Bertz CT molecular complexity index is 1130. The quantitative estimate of drug-likeness (QED) is 0.405. The molecule has 4 fully saturated rings. The molecule has 1 N–H and O–H groups in total. The van der Waals surface area contributed by atoms with Gasteiger partial charge in [0, 0.05) is 22.7 Å². The van der Waals surface area contributed by atoms with Crippen LogP contribution in [-0.2, 0) is 23.8 Å². The molecule has 10 heteroatoms. The number of hydrogen-bond donors (Lipinski definition) is 1. The second-order valence-corrected chi connectivity index (χ2v) is 13.2. The smallest absolute Gasteiger partial charge is 0.431 e. The van der Waals surface area contributed by atoms with E-state index in [-0.39, 0.29) is 24.8 Å². The van der Waals surface area contributed by atoms with Gasteiger partial charge in [-0.15, -0.1) is 0 Å². The monoisotopic (exact) mass is 582 g/mol. The van der Waals surface area contributed by atoms with Crippen molar-refractivity contribution in [2.24, 2.45) is 28.6 Å². The minimum Gasteiger partial charge on any atom is -0.431 e. The summed E-state index contributed by atoms with van der Waals surface area (Å²) in [5.74, 6) is -4.19. The van der Waals surface area contributed by atoms with E-state index in [4.69, 9.17) is 14.2 Å². The van der Waals surface area contributed by atoms with Crippen molar-refractivity contribution in [2.75, 3.05) is 6.86 Å². The molecule has 4 saturated carbocycles. The zero-order chi connectivity index (χ0) is 29.8. The molecule has 41 heavy (non-hydrogen) atoms. The zero-order valence-corrected chi connectivity index (χ0v) is 24.0. The molecule has 0 aromatic heterocycles. The maximum absolute atomic E-state index is 17.5. The Labute approximate surface area is 238 Å². The molecule has 9 atom stereocenters. The van der Waals surface area contributed by atoms with Crippen molar-refractivity contribution in [3.8, 4) is 0 Å². The molecule has 0 spiro atoms. The van der Waals surface area contributed by atoms with Crippen LogP contribution in [0.2, 0.25) is 0 Å². The third-order valence-electron chi connectivity index (χ3n) is 11.2. The van der Waals surface area contributed by atoms with E-state index in [1.165, 1.54) is 19.1 Å². The van der Waals surface area contributed by atoms with Crippen LogP contribution in [-0.4, -0.2) is 59.5 Å². The third-order valence-corrected chi connectivity index (χ3v) is 11.2. The van der Waals surface area contributed by atoms with Crippen molar-refractivity contribution in [1.82, 2.24) is 0 Å². The van der Waals surface area contributed by atoms with E-state index in [9.17, 15) is 23.9 Å². The van der Waals surface area contributed by atoms with Gasteiger partial charge in [-0.3, -0.25) is 4.79 Å². The van der Waals surface area contributed by atoms with E-state index in [0.29, 0.717) is 12.8 Å². The lowest BCUT2D eigenvalue weighted by Gasteiger charge is -2.62. The molecule has 0 saturated heterocycles. The van der Waals surface area contributed by atoms with Gasteiger partial charge in [-0.05, 0) is 75.5 Å². The molecule has 5 rings (SSSR count). The van der Waals surface area contributed by atoms with Crippen molar-refractivity contribution in [2.45, 2.75) is 115 Å². The van der Waals surface area contributed by atoms with E-state index in [1.54, 1.807) is 13.8 Å². The number of aliphatic hydroxyl groups excluding tert-OH is 1. The summed E-state index contributed by atoms with van der Waals surface area (Å²) in [6, 6.07) is 0. The number of hydrogen-bond acceptors (Lipinski definition) is 7. The molecular formula is C31H41F3O7. The van der Waals surface area contributed by atoms with Gasteiger partial charge in [0.05, 0.1) is 6.10 Å². The van der Waals surface area contributed by atoms with E-state index in [1.807, 2.05) is 0 Å². The highest BCUT2D eigenvalue weighted by molar-refractivity contribution is 6.01. The van der Waals surface area contributed by atoms with Crippen molar-refractivity contribution in [3.05, 3.63) is 23.8 Å². The van der Waals surface area contributed by atoms with Crippen LogP contribution in [0.15, 0.2) is 23.8 Å². The number of alkyl halides is 3. The van der Waals surface area contributed by atoms with Gasteiger partial charge < -0.3 is 19.3 Å². The van der Waals surface area contributed by atoms with Gasteiger partial charge in [-0.2, -0.15) is 0 Å². The average molecular weight is 583 g/mol. The van der Waals surface area contributed by atoms with Crippen LogP contribution in [0.5, 0.6) is 0 Å². The number of carbonyl (C=O) groups is 3. The fraction of sp³-hybridized carbons (Fsp3) is 0.774. The number of allylic oxidation sites excluding steroid dienone is 4.